The van der Waals surface area contributed by atoms with Gasteiger partial charge in [0.05, 0.1) is 12.9 Å². The topological polar surface area (TPSA) is 17.8 Å². The molecule has 0 amide bonds. The maximum absolute atomic E-state index is 3.87. The molecule has 9 heavy (non-hydrogen) atoms. The van der Waals surface area contributed by atoms with Crippen molar-refractivity contribution in [1.82, 2.24) is 9.55 Å². The summed E-state index contributed by atoms with van der Waals surface area (Å²) in [6.45, 7) is 7.58. The monoisotopic (exact) mass is 121 g/mol. The molecule has 0 aliphatic carbocycles. The number of allylic oxidation sites excluding steroid dienone is 1. The van der Waals surface area contributed by atoms with Gasteiger partial charge in [-0.15, -0.1) is 0 Å². The van der Waals surface area contributed by atoms with E-state index in [4.69, 9.17) is 0 Å². The summed E-state index contributed by atoms with van der Waals surface area (Å²) < 4.78 is 1.86. The first-order valence-corrected chi connectivity index (χ1v) is 2.77. The lowest BCUT2D eigenvalue weighted by Crippen LogP contribution is -1.89. The van der Waals surface area contributed by atoms with Crippen LogP contribution in [0.1, 0.15) is 6.92 Å². The highest BCUT2D eigenvalue weighted by Gasteiger charge is 1.87. The van der Waals surface area contributed by atoms with E-state index in [1.807, 2.05) is 24.2 Å². The summed E-state index contributed by atoms with van der Waals surface area (Å²) in [6.07, 6.45) is 5.34. The van der Waals surface area contributed by atoms with E-state index in [0.717, 1.165) is 5.57 Å². The molecule has 0 spiro atoms. The van der Waals surface area contributed by atoms with Gasteiger partial charge in [0.25, 0.3) is 0 Å². The predicted molar refractivity (Wildman–Crippen MR) is 36.7 cm³/mol. The molecule has 1 aromatic heterocycles. The van der Waals surface area contributed by atoms with Crippen molar-refractivity contribution >= 4 is 0 Å². The van der Waals surface area contributed by atoms with Crippen molar-refractivity contribution in [3.05, 3.63) is 37.4 Å². The lowest BCUT2D eigenvalue weighted by atomic mass is 10.3. The number of aromatic nitrogens is 2. The van der Waals surface area contributed by atoms with E-state index in [-0.39, 0.29) is 0 Å². The van der Waals surface area contributed by atoms with Crippen LogP contribution in [-0.2, 0) is 0 Å². The normalized spacial score (nSPS) is 9.44. The van der Waals surface area contributed by atoms with E-state index in [9.17, 15) is 0 Å². The van der Waals surface area contributed by atoms with Gasteiger partial charge < -0.3 is 4.57 Å². The third-order valence-electron chi connectivity index (χ3n) is 0.894. The summed E-state index contributed by atoms with van der Waals surface area (Å²) in [7, 11) is 0. The molecule has 0 bridgehead atoms. The molecule has 0 unspecified atom stereocenters. The summed E-state index contributed by atoms with van der Waals surface area (Å²) in [6, 6.07) is 0. The number of hydrogen-bond acceptors (Lipinski definition) is 1. The fraction of sp³-hybridized carbons (Fsp3) is 0.143. The molecule has 2 heteroatoms. The number of imidazole rings is 1. The molecular weight excluding hydrogens is 112 g/mol. The SMILES string of the molecule is C=C(C)[CH]n1ccnc1. The Bertz CT molecular complexity index is 187. The van der Waals surface area contributed by atoms with E-state index in [2.05, 4.69) is 11.6 Å². The molecule has 0 atom stereocenters. The van der Waals surface area contributed by atoms with E-state index in [0.29, 0.717) is 0 Å². The van der Waals surface area contributed by atoms with Crippen molar-refractivity contribution in [1.29, 1.82) is 0 Å². The lowest BCUT2D eigenvalue weighted by Gasteiger charge is -1.96. The molecule has 0 aromatic carbocycles. The van der Waals surface area contributed by atoms with Gasteiger partial charge in [0, 0.05) is 12.4 Å². The largest absolute Gasteiger partial charge is 0.328 e. The highest BCUT2D eigenvalue weighted by atomic mass is 15.0. The molecular formula is C7H9N2. The number of hydrogen-bond donors (Lipinski definition) is 0. The second-order valence-electron chi connectivity index (χ2n) is 1.99. The van der Waals surface area contributed by atoms with Gasteiger partial charge in [-0.2, -0.15) is 0 Å². The predicted octanol–water partition coefficient (Wildman–Crippen LogP) is 1.47. The van der Waals surface area contributed by atoms with Crippen molar-refractivity contribution in [2.45, 2.75) is 6.92 Å². The summed E-state index contributed by atoms with van der Waals surface area (Å²) >= 11 is 0. The Kier molecular flexibility index (Phi) is 1.68. The van der Waals surface area contributed by atoms with Gasteiger partial charge in [-0.3, -0.25) is 0 Å². The quantitative estimate of drug-likeness (QED) is 0.579. The molecule has 1 radical (unpaired) electrons. The fourth-order valence-electron chi connectivity index (χ4n) is 0.600. The minimum atomic E-state index is 1.02. The van der Waals surface area contributed by atoms with Crippen LogP contribution < -0.4 is 0 Å². The zero-order valence-corrected chi connectivity index (χ0v) is 5.41. The summed E-state index contributed by atoms with van der Waals surface area (Å²) in [5.41, 5.74) is 1.02. The van der Waals surface area contributed by atoms with Crippen molar-refractivity contribution in [2.24, 2.45) is 0 Å². The first-order chi connectivity index (χ1) is 4.29. The minimum Gasteiger partial charge on any atom is -0.328 e. The Morgan fingerprint density at radius 2 is 2.56 bits per heavy atom. The van der Waals surface area contributed by atoms with Crippen molar-refractivity contribution < 1.29 is 0 Å². The highest BCUT2D eigenvalue weighted by Crippen LogP contribution is 1.96. The fourth-order valence-corrected chi connectivity index (χ4v) is 0.600. The van der Waals surface area contributed by atoms with Gasteiger partial charge in [0.1, 0.15) is 0 Å². The third kappa shape index (κ3) is 1.72. The summed E-state index contributed by atoms with van der Waals surface area (Å²) in [4.78, 5) is 3.87. The standard InChI is InChI=1S/C7H9N2/c1-7(2)5-9-4-3-8-6-9/h3-6H,1H2,2H3. The Labute approximate surface area is 54.8 Å². The molecule has 0 fully saturated rings. The van der Waals surface area contributed by atoms with Gasteiger partial charge in [-0.1, -0.05) is 12.2 Å². The van der Waals surface area contributed by atoms with Crippen LogP contribution in [0.2, 0.25) is 0 Å². The zero-order chi connectivity index (χ0) is 6.69. The molecule has 0 saturated carbocycles. The van der Waals surface area contributed by atoms with Gasteiger partial charge in [0.15, 0.2) is 0 Å². The zero-order valence-electron chi connectivity index (χ0n) is 5.41. The van der Waals surface area contributed by atoms with Gasteiger partial charge in [-0.05, 0) is 6.92 Å². The van der Waals surface area contributed by atoms with E-state index < -0.39 is 0 Å². The molecule has 1 aromatic rings. The van der Waals surface area contributed by atoms with Crippen LogP contribution in [0, 0.1) is 6.54 Å². The average Bonchev–Trinajstić information content (AvgIpc) is 2.15. The lowest BCUT2D eigenvalue weighted by molar-refractivity contribution is 0.968. The molecule has 1 heterocycles. The Morgan fingerprint density at radius 1 is 1.78 bits per heavy atom. The summed E-state index contributed by atoms with van der Waals surface area (Å²) in [5.74, 6) is 0. The van der Waals surface area contributed by atoms with Crippen LogP contribution in [0.25, 0.3) is 0 Å². The number of rotatable bonds is 2. The Balaban J connectivity index is 2.58. The minimum absolute atomic E-state index is 1.02. The summed E-state index contributed by atoms with van der Waals surface area (Å²) in [5, 5.41) is 0. The van der Waals surface area contributed by atoms with E-state index in [1.165, 1.54) is 0 Å². The maximum atomic E-state index is 3.87. The Hall–Kier alpha value is -1.05. The first kappa shape index (κ1) is 6.08. The smallest absolute Gasteiger partial charge is 0.0952 e. The van der Waals surface area contributed by atoms with Crippen molar-refractivity contribution in [2.75, 3.05) is 0 Å². The van der Waals surface area contributed by atoms with Crippen LogP contribution in [0.4, 0.5) is 0 Å². The second-order valence-corrected chi connectivity index (χ2v) is 1.99. The van der Waals surface area contributed by atoms with Crippen LogP contribution in [0.15, 0.2) is 30.9 Å². The molecule has 2 nitrogen and oxygen atoms in total. The van der Waals surface area contributed by atoms with Crippen LogP contribution in [0.5, 0.6) is 0 Å². The number of nitrogens with zero attached hydrogens (tertiary/aromatic N) is 2. The van der Waals surface area contributed by atoms with Gasteiger partial charge in [-0.25, -0.2) is 4.98 Å². The maximum Gasteiger partial charge on any atom is 0.0952 e. The molecule has 0 aliphatic rings. The first-order valence-electron chi connectivity index (χ1n) is 2.77. The molecule has 0 aliphatic heterocycles. The molecule has 1 rings (SSSR count). The van der Waals surface area contributed by atoms with Crippen LogP contribution in [-0.4, -0.2) is 9.55 Å². The van der Waals surface area contributed by atoms with Gasteiger partial charge >= 0.3 is 0 Å². The third-order valence-corrected chi connectivity index (χ3v) is 0.894. The molecule has 0 N–H and O–H groups in total. The Morgan fingerprint density at radius 3 is 3.00 bits per heavy atom. The average molecular weight is 121 g/mol. The van der Waals surface area contributed by atoms with Crippen LogP contribution in [0.3, 0.4) is 0 Å². The van der Waals surface area contributed by atoms with E-state index >= 15 is 0 Å². The van der Waals surface area contributed by atoms with E-state index in [1.54, 1.807) is 12.5 Å². The molecule has 47 valence electrons. The van der Waals surface area contributed by atoms with Crippen molar-refractivity contribution in [3.8, 4) is 0 Å². The van der Waals surface area contributed by atoms with Crippen LogP contribution >= 0.6 is 0 Å². The van der Waals surface area contributed by atoms with Crippen molar-refractivity contribution in [3.63, 3.8) is 0 Å². The van der Waals surface area contributed by atoms with Gasteiger partial charge in [0.2, 0.25) is 0 Å². The second kappa shape index (κ2) is 2.49. The molecule has 0 saturated heterocycles. The highest BCUT2D eigenvalue weighted by molar-refractivity contribution is 5.05.